The third-order valence-corrected chi connectivity index (χ3v) is 5.26. The van der Waals surface area contributed by atoms with Crippen molar-refractivity contribution in [3.63, 3.8) is 0 Å². The number of carbonyl (C=O) groups excluding carboxylic acids is 1. The Kier molecular flexibility index (Phi) is 7.07. The number of amides is 1. The van der Waals surface area contributed by atoms with Crippen molar-refractivity contribution in [1.82, 2.24) is 5.32 Å². The van der Waals surface area contributed by atoms with Crippen molar-refractivity contribution in [3.05, 3.63) is 71.5 Å². The molecule has 7 heteroatoms. The van der Waals surface area contributed by atoms with Gasteiger partial charge in [0.25, 0.3) is 5.91 Å². The minimum absolute atomic E-state index is 0.0177. The molecule has 1 amide bonds. The highest BCUT2D eigenvalue weighted by molar-refractivity contribution is 5.91. The quantitative estimate of drug-likeness (QED) is 0.600. The second-order valence-electron chi connectivity index (χ2n) is 7.50. The molecule has 7 nitrogen and oxygen atoms in total. The monoisotopic (exact) mass is 425 g/mol. The SMILES string of the molecule is O=C(NCc1ccc2c(c1)OCO2)C1=C[C@@H](c2ccccc2)C[C@@H](OCCCCO)O1. The maximum Gasteiger partial charge on any atom is 0.286 e. The van der Waals surface area contributed by atoms with Crippen LogP contribution in [0.4, 0.5) is 0 Å². The highest BCUT2D eigenvalue weighted by Gasteiger charge is 2.28. The molecule has 0 radical (unpaired) electrons. The van der Waals surface area contributed by atoms with E-state index in [0.717, 1.165) is 17.5 Å². The minimum Gasteiger partial charge on any atom is -0.459 e. The van der Waals surface area contributed by atoms with E-state index in [1.807, 2.05) is 54.6 Å². The van der Waals surface area contributed by atoms with Crippen molar-refractivity contribution >= 4 is 5.91 Å². The largest absolute Gasteiger partial charge is 0.459 e. The van der Waals surface area contributed by atoms with Crippen LogP contribution in [0.1, 0.15) is 36.3 Å². The van der Waals surface area contributed by atoms with Crippen LogP contribution in [0, 0.1) is 0 Å². The second kappa shape index (κ2) is 10.3. The van der Waals surface area contributed by atoms with Crippen LogP contribution in [0.2, 0.25) is 0 Å². The highest BCUT2D eigenvalue weighted by atomic mass is 16.7. The molecule has 2 aromatic carbocycles. The maximum atomic E-state index is 12.9. The van der Waals surface area contributed by atoms with Gasteiger partial charge in [-0.3, -0.25) is 4.79 Å². The molecule has 2 N–H and O–H groups in total. The van der Waals surface area contributed by atoms with Crippen LogP contribution in [-0.2, 0) is 20.8 Å². The molecule has 0 saturated heterocycles. The van der Waals surface area contributed by atoms with Gasteiger partial charge in [0.1, 0.15) is 0 Å². The number of hydrogen-bond acceptors (Lipinski definition) is 6. The summed E-state index contributed by atoms with van der Waals surface area (Å²) in [6.07, 6.45) is 3.38. The van der Waals surface area contributed by atoms with Gasteiger partial charge in [0.05, 0.1) is 6.61 Å². The Morgan fingerprint density at radius 1 is 1.10 bits per heavy atom. The summed E-state index contributed by atoms with van der Waals surface area (Å²) in [6, 6.07) is 15.6. The number of aliphatic hydroxyl groups excluding tert-OH is 1. The Bertz CT molecular complexity index is 914. The van der Waals surface area contributed by atoms with Gasteiger partial charge in [0, 0.05) is 25.5 Å². The summed E-state index contributed by atoms with van der Waals surface area (Å²) in [5.74, 6) is 1.38. The zero-order chi connectivity index (χ0) is 21.5. The number of hydrogen-bond donors (Lipinski definition) is 2. The Balaban J connectivity index is 1.42. The van der Waals surface area contributed by atoms with Crippen molar-refractivity contribution in [1.29, 1.82) is 0 Å². The Hall–Kier alpha value is -3.03. The first-order valence-electron chi connectivity index (χ1n) is 10.6. The first-order chi connectivity index (χ1) is 15.2. The van der Waals surface area contributed by atoms with Crippen LogP contribution in [-0.4, -0.2) is 37.3 Å². The average molecular weight is 425 g/mol. The zero-order valence-corrected chi connectivity index (χ0v) is 17.3. The fourth-order valence-corrected chi connectivity index (χ4v) is 3.60. The smallest absolute Gasteiger partial charge is 0.286 e. The van der Waals surface area contributed by atoms with Gasteiger partial charge in [-0.05, 0) is 42.2 Å². The van der Waals surface area contributed by atoms with E-state index in [9.17, 15) is 4.79 Å². The molecule has 0 spiro atoms. The molecule has 2 aliphatic heterocycles. The molecule has 0 unspecified atom stereocenters. The predicted molar refractivity (Wildman–Crippen MR) is 113 cm³/mol. The third kappa shape index (κ3) is 5.57. The molecular weight excluding hydrogens is 398 g/mol. The number of nitrogens with one attached hydrogen (secondary N) is 1. The topological polar surface area (TPSA) is 86.3 Å². The summed E-state index contributed by atoms with van der Waals surface area (Å²) in [6.45, 7) is 1.16. The van der Waals surface area contributed by atoms with E-state index in [4.69, 9.17) is 24.1 Å². The molecule has 31 heavy (non-hydrogen) atoms. The molecule has 0 saturated carbocycles. The number of rotatable bonds is 9. The summed E-state index contributed by atoms with van der Waals surface area (Å²) in [7, 11) is 0. The van der Waals surface area contributed by atoms with Crippen LogP contribution in [0.5, 0.6) is 11.5 Å². The van der Waals surface area contributed by atoms with Crippen molar-refractivity contribution < 1.29 is 28.8 Å². The van der Waals surface area contributed by atoms with Crippen LogP contribution in [0.25, 0.3) is 0 Å². The number of fused-ring (bicyclic) bond motifs is 1. The summed E-state index contributed by atoms with van der Waals surface area (Å²) in [5, 5.41) is 11.9. The van der Waals surface area contributed by atoms with Gasteiger partial charge in [0.15, 0.2) is 17.3 Å². The molecule has 0 bridgehead atoms. The van der Waals surface area contributed by atoms with Crippen molar-refractivity contribution in [2.24, 2.45) is 0 Å². The van der Waals surface area contributed by atoms with Gasteiger partial charge >= 0.3 is 0 Å². The number of carbonyl (C=O) groups is 1. The van der Waals surface area contributed by atoms with Crippen LogP contribution < -0.4 is 14.8 Å². The molecule has 2 aliphatic rings. The Morgan fingerprint density at radius 2 is 1.94 bits per heavy atom. The van der Waals surface area contributed by atoms with Gasteiger partial charge in [-0.2, -0.15) is 0 Å². The predicted octanol–water partition coefficient (Wildman–Crippen LogP) is 3.23. The number of aliphatic hydroxyl groups is 1. The first kappa shape index (κ1) is 21.2. The van der Waals surface area contributed by atoms with Crippen molar-refractivity contribution in [3.8, 4) is 11.5 Å². The Morgan fingerprint density at radius 3 is 2.77 bits per heavy atom. The number of ether oxygens (including phenoxy) is 4. The number of allylic oxidation sites excluding steroid dienone is 1. The molecule has 0 aliphatic carbocycles. The normalized spacial score (nSPS) is 19.5. The van der Waals surface area contributed by atoms with Gasteiger partial charge in [0.2, 0.25) is 13.1 Å². The molecule has 2 heterocycles. The summed E-state index contributed by atoms with van der Waals surface area (Å²) in [4.78, 5) is 12.9. The van der Waals surface area contributed by atoms with Gasteiger partial charge in [-0.25, -0.2) is 0 Å². The lowest BCUT2D eigenvalue weighted by atomic mass is 9.93. The van der Waals surface area contributed by atoms with E-state index >= 15 is 0 Å². The lowest BCUT2D eigenvalue weighted by Crippen LogP contribution is -2.32. The standard InChI is InChI=1S/C24H27NO6/c26-10-4-5-11-28-23-14-19(18-6-2-1-3-7-18)13-22(31-23)24(27)25-15-17-8-9-20-21(12-17)30-16-29-20/h1-3,6-9,12-13,19,23,26H,4-5,10-11,14-16H2,(H,25,27)/t19-,23+/m1/s1. The minimum atomic E-state index is -0.514. The molecule has 0 fully saturated rings. The summed E-state index contributed by atoms with van der Waals surface area (Å²) >= 11 is 0. The van der Waals surface area contributed by atoms with E-state index in [0.29, 0.717) is 37.5 Å². The van der Waals surface area contributed by atoms with Crippen LogP contribution in [0.15, 0.2) is 60.4 Å². The van der Waals surface area contributed by atoms with E-state index in [2.05, 4.69) is 5.32 Å². The van der Waals surface area contributed by atoms with E-state index < -0.39 is 6.29 Å². The van der Waals surface area contributed by atoms with Gasteiger partial charge in [-0.15, -0.1) is 0 Å². The second-order valence-corrected chi connectivity index (χ2v) is 7.50. The van der Waals surface area contributed by atoms with Gasteiger partial charge < -0.3 is 29.4 Å². The molecule has 164 valence electrons. The highest BCUT2D eigenvalue weighted by Crippen LogP contribution is 2.33. The number of unbranched alkanes of at least 4 members (excludes halogenated alkanes) is 1. The van der Waals surface area contributed by atoms with Crippen LogP contribution in [0.3, 0.4) is 0 Å². The average Bonchev–Trinajstić information content (AvgIpc) is 3.29. The summed E-state index contributed by atoms with van der Waals surface area (Å²) < 4.78 is 22.4. The fraction of sp³-hybridized carbons (Fsp3) is 0.375. The number of benzene rings is 2. The third-order valence-electron chi connectivity index (χ3n) is 5.26. The zero-order valence-electron chi connectivity index (χ0n) is 17.3. The van der Waals surface area contributed by atoms with E-state index in [1.54, 1.807) is 0 Å². The summed E-state index contributed by atoms with van der Waals surface area (Å²) in [5.41, 5.74) is 2.02. The first-order valence-corrected chi connectivity index (χ1v) is 10.6. The molecule has 2 atom stereocenters. The molecular formula is C24H27NO6. The van der Waals surface area contributed by atoms with E-state index in [-0.39, 0.29) is 31.0 Å². The fourth-order valence-electron chi connectivity index (χ4n) is 3.60. The van der Waals surface area contributed by atoms with Crippen molar-refractivity contribution in [2.45, 2.75) is 38.0 Å². The lowest BCUT2D eigenvalue weighted by Gasteiger charge is -2.29. The van der Waals surface area contributed by atoms with Crippen LogP contribution >= 0.6 is 0 Å². The Labute approximate surface area is 181 Å². The molecule has 0 aromatic heterocycles. The molecule has 2 aromatic rings. The lowest BCUT2D eigenvalue weighted by molar-refractivity contribution is -0.146. The van der Waals surface area contributed by atoms with Gasteiger partial charge in [-0.1, -0.05) is 36.4 Å². The maximum absolute atomic E-state index is 12.9. The van der Waals surface area contributed by atoms with Crippen molar-refractivity contribution in [2.75, 3.05) is 20.0 Å². The van der Waals surface area contributed by atoms with E-state index in [1.165, 1.54) is 0 Å². The molecule has 4 rings (SSSR count).